The first-order valence-corrected chi connectivity index (χ1v) is 7.60. The van der Waals surface area contributed by atoms with Gasteiger partial charge in [0.2, 0.25) is 0 Å². The molecule has 20 heavy (non-hydrogen) atoms. The summed E-state index contributed by atoms with van der Waals surface area (Å²) in [5.74, 6) is 7.64. The van der Waals surface area contributed by atoms with Gasteiger partial charge in [-0.25, -0.2) is 5.43 Å². The first kappa shape index (κ1) is 14.9. The Labute approximate surface area is 124 Å². The topological polar surface area (TPSA) is 47.3 Å². The Kier molecular flexibility index (Phi) is 5.47. The number of benzene rings is 2. The molecule has 4 heteroatoms. The number of thioether (sulfide) groups is 1. The molecule has 1 atom stereocenters. The number of methoxy groups -OCH3 is 1. The van der Waals surface area contributed by atoms with Gasteiger partial charge in [-0.3, -0.25) is 5.84 Å². The minimum Gasteiger partial charge on any atom is -0.497 e. The van der Waals surface area contributed by atoms with E-state index in [0.717, 1.165) is 22.6 Å². The predicted molar refractivity (Wildman–Crippen MR) is 85.0 cm³/mol. The quantitative estimate of drug-likeness (QED) is 0.486. The van der Waals surface area contributed by atoms with Gasteiger partial charge >= 0.3 is 0 Å². The van der Waals surface area contributed by atoms with E-state index >= 15 is 0 Å². The third-order valence-corrected chi connectivity index (χ3v) is 4.01. The van der Waals surface area contributed by atoms with E-state index in [0.29, 0.717) is 0 Å². The summed E-state index contributed by atoms with van der Waals surface area (Å²) in [5, 5.41) is 0. The molecule has 3 nitrogen and oxygen atoms in total. The molecule has 0 radical (unpaired) electrons. The molecule has 0 saturated heterocycles. The van der Waals surface area contributed by atoms with E-state index in [1.165, 1.54) is 4.90 Å². The lowest BCUT2D eigenvalue weighted by atomic mass is 9.99. The molecule has 0 spiro atoms. The van der Waals surface area contributed by atoms with E-state index in [1.807, 2.05) is 36.0 Å². The highest BCUT2D eigenvalue weighted by molar-refractivity contribution is 7.99. The summed E-state index contributed by atoms with van der Waals surface area (Å²) in [6.07, 6.45) is 0. The Morgan fingerprint density at radius 2 is 1.90 bits per heavy atom. The summed E-state index contributed by atoms with van der Waals surface area (Å²) in [6, 6.07) is 16.4. The second kappa shape index (κ2) is 7.33. The van der Waals surface area contributed by atoms with Crippen LogP contribution in [-0.4, -0.2) is 12.9 Å². The molecule has 0 aliphatic rings. The second-order valence-electron chi connectivity index (χ2n) is 4.38. The van der Waals surface area contributed by atoms with Gasteiger partial charge in [-0.15, -0.1) is 11.8 Å². The maximum Gasteiger partial charge on any atom is 0.119 e. The SMILES string of the molecule is CCSc1ccc(C(NN)c2cccc(OC)c2)cc1. The molecule has 2 aromatic carbocycles. The van der Waals surface area contributed by atoms with Crippen molar-refractivity contribution >= 4 is 11.8 Å². The van der Waals surface area contributed by atoms with Crippen molar-refractivity contribution in [3.8, 4) is 5.75 Å². The maximum atomic E-state index is 5.73. The smallest absolute Gasteiger partial charge is 0.119 e. The molecule has 2 aromatic rings. The summed E-state index contributed by atoms with van der Waals surface area (Å²) >= 11 is 1.83. The number of hydrogen-bond donors (Lipinski definition) is 2. The number of hydrogen-bond acceptors (Lipinski definition) is 4. The van der Waals surface area contributed by atoms with Gasteiger partial charge in [0.05, 0.1) is 13.2 Å². The van der Waals surface area contributed by atoms with Crippen molar-refractivity contribution in [1.82, 2.24) is 5.43 Å². The minimum absolute atomic E-state index is 0.0363. The molecule has 0 amide bonds. The molecule has 0 aliphatic heterocycles. The zero-order chi connectivity index (χ0) is 14.4. The third-order valence-electron chi connectivity index (χ3n) is 3.12. The van der Waals surface area contributed by atoms with E-state index in [9.17, 15) is 0 Å². The van der Waals surface area contributed by atoms with E-state index in [1.54, 1.807) is 7.11 Å². The fourth-order valence-corrected chi connectivity index (χ4v) is 2.79. The van der Waals surface area contributed by atoms with Crippen LogP contribution in [0.5, 0.6) is 5.75 Å². The van der Waals surface area contributed by atoms with E-state index in [4.69, 9.17) is 10.6 Å². The molecule has 0 aliphatic carbocycles. The highest BCUT2D eigenvalue weighted by atomic mass is 32.2. The number of nitrogens with one attached hydrogen (secondary N) is 1. The second-order valence-corrected chi connectivity index (χ2v) is 5.72. The lowest BCUT2D eigenvalue weighted by Crippen LogP contribution is -2.28. The molecule has 0 saturated carbocycles. The van der Waals surface area contributed by atoms with Crippen molar-refractivity contribution in [3.63, 3.8) is 0 Å². The third kappa shape index (κ3) is 3.54. The predicted octanol–water partition coefficient (Wildman–Crippen LogP) is 3.36. The normalized spacial score (nSPS) is 12.2. The lowest BCUT2D eigenvalue weighted by Gasteiger charge is -2.18. The summed E-state index contributed by atoms with van der Waals surface area (Å²) in [7, 11) is 1.67. The summed E-state index contributed by atoms with van der Waals surface area (Å²) in [6.45, 7) is 2.15. The molecule has 0 fully saturated rings. The number of ether oxygens (including phenoxy) is 1. The Morgan fingerprint density at radius 1 is 1.15 bits per heavy atom. The summed E-state index contributed by atoms with van der Waals surface area (Å²) < 4.78 is 5.26. The van der Waals surface area contributed by atoms with Crippen molar-refractivity contribution in [2.24, 2.45) is 5.84 Å². The molecule has 3 N–H and O–H groups in total. The van der Waals surface area contributed by atoms with Gasteiger partial charge in [0.1, 0.15) is 5.75 Å². The van der Waals surface area contributed by atoms with Crippen molar-refractivity contribution < 1.29 is 4.74 Å². The number of rotatable bonds is 6. The van der Waals surface area contributed by atoms with Crippen LogP contribution in [0.15, 0.2) is 53.4 Å². The Balaban J connectivity index is 2.26. The molecule has 0 heterocycles. The molecule has 0 aromatic heterocycles. The first-order valence-electron chi connectivity index (χ1n) is 6.61. The van der Waals surface area contributed by atoms with Gasteiger partial charge in [0.15, 0.2) is 0 Å². The van der Waals surface area contributed by atoms with Crippen LogP contribution >= 0.6 is 11.8 Å². The summed E-state index contributed by atoms with van der Waals surface area (Å²) in [5.41, 5.74) is 5.10. The number of hydrazine groups is 1. The Bertz CT molecular complexity index is 542. The van der Waals surface area contributed by atoms with Gasteiger partial charge in [0.25, 0.3) is 0 Å². The average Bonchev–Trinajstić information content (AvgIpc) is 2.50. The van der Waals surface area contributed by atoms with Gasteiger partial charge in [-0.2, -0.15) is 0 Å². The van der Waals surface area contributed by atoms with Crippen LogP contribution in [0.3, 0.4) is 0 Å². The van der Waals surface area contributed by atoms with Crippen molar-refractivity contribution in [2.75, 3.05) is 12.9 Å². The highest BCUT2D eigenvalue weighted by Gasteiger charge is 2.12. The molecule has 1 unspecified atom stereocenters. The minimum atomic E-state index is -0.0363. The molecule has 2 rings (SSSR count). The lowest BCUT2D eigenvalue weighted by molar-refractivity contribution is 0.413. The van der Waals surface area contributed by atoms with E-state index in [-0.39, 0.29) is 6.04 Å². The van der Waals surface area contributed by atoms with Crippen LogP contribution in [0.2, 0.25) is 0 Å². The van der Waals surface area contributed by atoms with Crippen LogP contribution in [0.4, 0.5) is 0 Å². The van der Waals surface area contributed by atoms with Crippen molar-refractivity contribution in [1.29, 1.82) is 0 Å². The fourth-order valence-electron chi connectivity index (χ4n) is 2.13. The average molecular weight is 288 g/mol. The Hall–Kier alpha value is -1.49. The van der Waals surface area contributed by atoms with Crippen LogP contribution in [0, 0.1) is 0 Å². The van der Waals surface area contributed by atoms with E-state index in [2.05, 4.69) is 36.6 Å². The van der Waals surface area contributed by atoms with E-state index < -0.39 is 0 Å². The largest absolute Gasteiger partial charge is 0.497 e. The van der Waals surface area contributed by atoms with Gasteiger partial charge in [0, 0.05) is 4.90 Å². The number of nitrogens with two attached hydrogens (primary N) is 1. The standard InChI is InChI=1S/C16H20N2OS/c1-3-20-15-9-7-12(8-10-15)16(18-17)13-5-4-6-14(11-13)19-2/h4-11,16,18H,3,17H2,1-2H3. The molecule has 0 bridgehead atoms. The monoisotopic (exact) mass is 288 g/mol. The molecule has 106 valence electrons. The Morgan fingerprint density at radius 3 is 2.50 bits per heavy atom. The van der Waals surface area contributed by atoms with Crippen LogP contribution < -0.4 is 16.0 Å². The van der Waals surface area contributed by atoms with Crippen LogP contribution in [0.1, 0.15) is 24.1 Å². The van der Waals surface area contributed by atoms with Gasteiger partial charge < -0.3 is 4.74 Å². The molecular formula is C16H20N2OS. The zero-order valence-corrected chi connectivity index (χ0v) is 12.6. The van der Waals surface area contributed by atoms with Crippen molar-refractivity contribution in [2.45, 2.75) is 17.9 Å². The fraction of sp³-hybridized carbons (Fsp3) is 0.250. The summed E-state index contributed by atoms with van der Waals surface area (Å²) in [4.78, 5) is 1.28. The molecular weight excluding hydrogens is 268 g/mol. The van der Waals surface area contributed by atoms with Gasteiger partial charge in [-0.05, 0) is 41.1 Å². The highest BCUT2D eigenvalue weighted by Crippen LogP contribution is 2.26. The van der Waals surface area contributed by atoms with Gasteiger partial charge in [-0.1, -0.05) is 31.2 Å². The van der Waals surface area contributed by atoms with Crippen LogP contribution in [-0.2, 0) is 0 Å². The first-order chi connectivity index (χ1) is 9.78. The maximum absolute atomic E-state index is 5.73. The van der Waals surface area contributed by atoms with Crippen molar-refractivity contribution in [3.05, 3.63) is 59.7 Å². The zero-order valence-electron chi connectivity index (χ0n) is 11.8. The van der Waals surface area contributed by atoms with Crippen LogP contribution in [0.25, 0.3) is 0 Å².